The molecule has 2 rings (SSSR count). The molecule has 1 aromatic carbocycles. The van der Waals surface area contributed by atoms with Gasteiger partial charge < -0.3 is 15.5 Å². The van der Waals surface area contributed by atoms with E-state index in [0.717, 1.165) is 31.6 Å². The first-order valence-corrected chi connectivity index (χ1v) is 8.11. The summed E-state index contributed by atoms with van der Waals surface area (Å²) in [5, 5.41) is 23.1. The van der Waals surface area contributed by atoms with Crippen molar-refractivity contribution in [2.24, 2.45) is 0 Å². The third kappa shape index (κ3) is 4.35. The Morgan fingerprint density at radius 1 is 1.33 bits per heavy atom. The zero-order chi connectivity index (χ0) is 15.2. The summed E-state index contributed by atoms with van der Waals surface area (Å²) in [7, 11) is 0. The second-order valence-electron chi connectivity index (χ2n) is 6.06. The average Bonchev–Trinajstić information content (AvgIpc) is 2.47. The molecule has 1 aromatic rings. The third-order valence-electron chi connectivity index (χ3n) is 4.39. The first-order chi connectivity index (χ1) is 10.1. The Morgan fingerprint density at radius 3 is 2.76 bits per heavy atom. The Kier molecular flexibility index (Phi) is 5.88. The van der Waals surface area contributed by atoms with Crippen LogP contribution in [0.1, 0.15) is 51.1 Å². The van der Waals surface area contributed by atoms with E-state index in [-0.39, 0.29) is 17.5 Å². The van der Waals surface area contributed by atoms with Crippen molar-refractivity contribution in [1.82, 2.24) is 10.2 Å². The summed E-state index contributed by atoms with van der Waals surface area (Å²) >= 11 is 0. The standard InChI is InChI=1S/C17H28N2O2/c1-3-10-19(12-14-6-4-5-9-18-14)13(2)16-8-7-15(20)11-17(16)21/h7-8,11,13-14,18,20-21H,3-6,9-10,12H2,1-2H3. The maximum Gasteiger partial charge on any atom is 0.124 e. The fourth-order valence-electron chi connectivity index (χ4n) is 3.18. The maximum absolute atomic E-state index is 10.1. The summed E-state index contributed by atoms with van der Waals surface area (Å²) in [6.45, 7) is 7.45. The molecule has 1 saturated heterocycles. The van der Waals surface area contributed by atoms with Crippen molar-refractivity contribution in [2.45, 2.75) is 51.6 Å². The van der Waals surface area contributed by atoms with E-state index in [0.29, 0.717) is 6.04 Å². The lowest BCUT2D eigenvalue weighted by Gasteiger charge is -2.34. The summed E-state index contributed by atoms with van der Waals surface area (Å²) in [6.07, 6.45) is 4.90. The average molecular weight is 292 g/mol. The van der Waals surface area contributed by atoms with Gasteiger partial charge in [-0.15, -0.1) is 0 Å². The molecule has 2 atom stereocenters. The van der Waals surface area contributed by atoms with Crippen molar-refractivity contribution in [2.75, 3.05) is 19.6 Å². The molecule has 21 heavy (non-hydrogen) atoms. The number of nitrogens with zero attached hydrogens (tertiary/aromatic N) is 1. The van der Waals surface area contributed by atoms with E-state index in [1.807, 2.05) is 6.07 Å². The van der Waals surface area contributed by atoms with Gasteiger partial charge in [-0.05, 0) is 45.3 Å². The third-order valence-corrected chi connectivity index (χ3v) is 4.39. The van der Waals surface area contributed by atoms with Crippen LogP contribution in [0.3, 0.4) is 0 Å². The van der Waals surface area contributed by atoms with E-state index in [2.05, 4.69) is 24.1 Å². The topological polar surface area (TPSA) is 55.7 Å². The van der Waals surface area contributed by atoms with E-state index in [1.165, 1.54) is 25.3 Å². The summed E-state index contributed by atoms with van der Waals surface area (Å²) in [5.74, 6) is 0.291. The Bertz CT molecular complexity index is 444. The van der Waals surface area contributed by atoms with Gasteiger partial charge in [-0.2, -0.15) is 0 Å². The number of aromatic hydroxyl groups is 2. The highest BCUT2D eigenvalue weighted by Gasteiger charge is 2.22. The van der Waals surface area contributed by atoms with E-state index >= 15 is 0 Å². The van der Waals surface area contributed by atoms with Crippen molar-refractivity contribution in [3.05, 3.63) is 23.8 Å². The summed E-state index contributed by atoms with van der Waals surface area (Å²) < 4.78 is 0. The number of benzene rings is 1. The highest BCUT2D eigenvalue weighted by Crippen LogP contribution is 2.31. The fourth-order valence-corrected chi connectivity index (χ4v) is 3.18. The molecule has 1 aliphatic heterocycles. The number of rotatable bonds is 6. The van der Waals surface area contributed by atoms with Gasteiger partial charge in [0.25, 0.3) is 0 Å². The van der Waals surface area contributed by atoms with Crippen LogP contribution < -0.4 is 5.32 Å². The van der Waals surface area contributed by atoms with Crippen molar-refractivity contribution in [3.63, 3.8) is 0 Å². The van der Waals surface area contributed by atoms with Crippen molar-refractivity contribution in [1.29, 1.82) is 0 Å². The predicted octanol–water partition coefficient (Wildman–Crippen LogP) is 3.01. The van der Waals surface area contributed by atoms with Crippen LogP contribution in [0.15, 0.2) is 18.2 Å². The van der Waals surface area contributed by atoms with Crippen LogP contribution in [-0.4, -0.2) is 40.8 Å². The number of phenolic OH excluding ortho intramolecular Hbond substituents is 2. The van der Waals surface area contributed by atoms with Crippen molar-refractivity contribution >= 4 is 0 Å². The minimum atomic E-state index is 0.111. The minimum Gasteiger partial charge on any atom is -0.508 e. The molecule has 4 nitrogen and oxygen atoms in total. The molecule has 1 fully saturated rings. The van der Waals surface area contributed by atoms with Gasteiger partial charge in [0.05, 0.1) is 0 Å². The Balaban J connectivity index is 2.08. The van der Waals surface area contributed by atoms with Gasteiger partial charge in [0.2, 0.25) is 0 Å². The van der Waals surface area contributed by atoms with Crippen molar-refractivity contribution < 1.29 is 10.2 Å². The summed E-state index contributed by atoms with van der Waals surface area (Å²) in [5.41, 5.74) is 0.886. The lowest BCUT2D eigenvalue weighted by molar-refractivity contribution is 0.174. The van der Waals surface area contributed by atoms with Crippen LogP contribution in [0, 0.1) is 0 Å². The molecular weight excluding hydrogens is 264 g/mol. The molecule has 0 bridgehead atoms. The van der Waals surface area contributed by atoms with E-state index in [1.54, 1.807) is 6.07 Å². The molecule has 0 amide bonds. The maximum atomic E-state index is 10.1. The van der Waals surface area contributed by atoms with E-state index in [9.17, 15) is 10.2 Å². The summed E-state index contributed by atoms with van der Waals surface area (Å²) in [6, 6.07) is 5.59. The molecular formula is C17H28N2O2. The molecule has 0 radical (unpaired) electrons. The molecule has 1 aliphatic rings. The SMILES string of the molecule is CCCN(CC1CCCCN1)C(C)c1ccc(O)cc1O. The van der Waals surface area contributed by atoms with Crippen LogP contribution in [-0.2, 0) is 0 Å². The second-order valence-corrected chi connectivity index (χ2v) is 6.06. The normalized spacial score (nSPS) is 20.6. The van der Waals surface area contributed by atoms with Gasteiger partial charge in [0, 0.05) is 30.3 Å². The number of hydrogen-bond donors (Lipinski definition) is 3. The summed E-state index contributed by atoms with van der Waals surface area (Å²) in [4.78, 5) is 2.43. The molecule has 3 N–H and O–H groups in total. The Morgan fingerprint density at radius 2 is 2.14 bits per heavy atom. The van der Waals surface area contributed by atoms with Gasteiger partial charge >= 0.3 is 0 Å². The lowest BCUT2D eigenvalue weighted by atomic mass is 10.0. The largest absolute Gasteiger partial charge is 0.508 e. The second kappa shape index (κ2) is 7.66. The Hall–Kier alpha value is -1.26. The van der Waals surface area contributed by atoms with Gasteiger partial charge in [-0.1, -0.05) is 19.4 Å². The predicted molar refractivity (Wildman–Crippen MR) is 85.7 cm³/mol. The van der Waals surface area contributed by atoms with Gasteiger partial charge in [-0.25, -0.2) is 0 Å². The molecule has 4 heteroatoms. The number of nitrogens with one attached hydrogen (secondary N) is 1. The van der Waals surface area contributed by atoms with Crippen LogP contribution in [0.25, 0.3) is 0 Å². The molecule has 0 aliphatic carbocycles. The van der Waals surface area contributed by atoms with Gasteiger partial charge in [0.1, 0.15) is 11.5 Å². The first-order valence-electron chi connectivity index (χ1n) is 8.11. The monoisotopic (exact) mass is 292 g/mol. The molecule has 0 aromatic heterocycles. The highest BCUT2D eigenvalue weighted by molar-refractivity contribution is 5.40. The van der Waals surface area contributed by atoms with Crippen LogP contribution >= 0.6 is 0 Å². The minimum absolute atomic E-state index is 0.111. The van der Waals surface area contributed by atoms with E-state index < -0.39 is 0 Å². The van der Waals surface area contributed by atoms with Gasteiger partial charge in [-0.3, -0.25) is 4.90 Å². The smallest absolute Gasteiger partial charge is 0.124 e. The molecule has 0 spiro atoms. The molecule has 2 unspecified atom stereocenters. The van der Waals surface area contributed by atoms with Crippen LogP contribution in [0.2, 0.25) is 0 Å². The quantitative estimate of drug-likeness (QED) is 0.754. The molecule has 1 heterocycles. The Labute approximate surface area is 127 Å². The molecule has 118 valence electrons. The highest BCUT2D eigenvalue weighted by atomic mass is 16.3. The zero-order valence-electron chi connectivity index (χ0n) is 13.2. The number of phenols is 2. The zero-order valence-corrected chi connectivity index (χ0v) is 13.2. The van der Waals surface area contributed by atoms with Crippen LogP contribution in [0.5, 0.6) is 11.5 Å². The van der Waals surface area contributed by atoms with Crippen LogP contribution in [0.4, 0.5) is 0 Å². The van der Waals surface area contributed by atoms with Gasteiger partial charge in [0.15, 0.2) is 0 Å². The lowest BCUT2D eigenvalue weighted by Crippen LogP contribution is -2.44. The van der Waals surface area contributed by atoms with Crippen molar-refractivity contribution in [3.8, 4) is 11.5 Å². The molecule has 0 saturated carbocycles. The number of piperidine rings is 1. The first kappa shape index (κ1) is 16.1. The number of hydrogen-bond acceptors (Lipinski definition) is 4. The van der Waals surface area contributed by atoms with E-state index in [4.69, 9.17) is 0 Å². The fraction of sp³-hybridized carbons (Fsp3) is 0.647.